The van der Waals surface area contributed by atoms with E-state index in [9.17, 15) is 4.79 Å². The summed E-state index contributed by atoms with van der Waals surface area (Å²) in [6.45, 7) is 2.55. The second kappa shape index (κ2) is 8.50. The van der Waals surface area contributed by atoms with E-state index < -0.39 is 0 Å². The molecule has 0 aliphatic rings. The third-order valence-electron chi connectivity index (χ3n) is 2.94. The molecule has 0 atom stereocenters. The fraction of sp³-hybridized carbons (Fsp3) is 0.176. The van der Waals surface area contributed by atoms with Gasteiger partial charge in [-0.05, 0) is 42.9 Å². The van der Waals surface area contributed by atoms with Crippen LogP contribution >= 0.6 is 23.8 Å². The lowest BCUT2D eigenvalue weighted by atomic mass is 10.2. The van der Waals surface area contributed by atoms with Crippen molar-refractivity contribution in [3.05, 3.63) is 59.1 Å². The molecule has 0 fully saturated rings. The first kappa shape index (κ1) is 17.2. The molecular weight excluding hydrogens is 332 g/mol. The minimum absolute atomic E-state index is 0.174. The molecule has 0 saturated heterocycles. The van der Waals surface area contributed by atoms with Crippen LogP contribution in [0.25, 0.3) is 0 Å². The zero-order valence-electron chi connectivity index (χ0n) is 12.6. The number of anilines is 1. The molecule has 0 radical (unpaired) electrons. The Kier molecular flexibility index (Phi) is 6.38. The van der Waals surface area contributed by atoms with E-state index in [1.807, 2.05) is 25.1 Å². The van der Waals surface area contributed by atoms with Crippen LogP contribution in [0.3, 0.4) is 0 Å². The molecule has 0 saturated carbocycles. The van der Waals surface area contributed by atoms with E-state index in [2.05, 4.69) is 10.6 Å². The number of rotatable bonds is 5. The Morgan fingerprint density at radius 2 is 1.87 bits per heavy atom. The minimum atomic E-state index is -0.332. The Balaban J connectivity index is 2.04. The molecular formula is C17H17ClN2O2S. The molecule has 120 valence electrons. The number of benzene rings is 2. The van der Waals surface area contributed by atoms with Crippen LogP contribution < -0.4 is 15.4 Å². The molecule has 6 heteroatoms. The fourth-order valence-corrected chi connectivity index (χ4v) is 2.26. The number of halogens is 1. The highest BCUT2D eigenvalue weighted by Gasteiger charge is 2.13. The third-order valence-corrected chi connectivity index (χ3v) is 3.48. The Labute approximate surface area is 145 Å². The van der Waals surface area contributed by atoms with Gasteiger partial charge in [-0.15, -0.1) is 0 Å². The predicted molar refractivity (Wildman–Crippen MR) is 97.4 cm³/mol. The van der Waals surface area contributed by atoms with Gasteiger partial charge >= 0.3 is 0 Å². The number of carbonyl (C=O) groups is 1. The molecule has 2 aromatic carbocycles. The third kappa shape index (κ3) is 4.94. The topological polar surface area (TPSA) is 50.4 Å². The summed E-state index contributed by atoms with van der Waals surface area (Å²) in [5.41, 5.74) is 1.07. The lowest BCUT2D eigenvalue weighted by Gasteiger charge is -2.13. The average molecular weight is 349 g/mol. The lowest BCUT2D eigenvalue weighted by Crippen LogP contribution is -2.34. The standard InChI is InChI=1S/C17H17ClN2O2S/c1-2-11-22-15-10-6-3-7-12(15)16(21)20-17(23)19-14-9-5-4-8-13(14)18/h3-10H,2,11H2,1H3,(H2,19,20,21,23). The summed E-state index contributed by atoms with van der Waals surface area (Å²) in [4.78, 5) is 12.4. The predicted octanol–water partition coefficient (Wildman–Crippen LogP) is 4.26. The van der Waals surface area contributed by atoms with Gasteiger partial charge in [-0.2, -0.15) is 0 Å². The smallest absolute Gasteiger partial charge is 0.261 e. The van der Waals surface area contributed by atoms with Gasteiger partial charge in [0.25, 0.3) is 5.91 Å². The lowest BCUT2D eigenvalue weighted by molar-refractivity contribution is 0.0973. The van der Waals surface area contributed by atoms with Crippen molar-refractivity contribution in [1.29, 1.82) is 0 Å². The van der Waals surface area contributed by atoms with E-state index in [4.69, 9.17) is 28.6 Å². The van der Waals surface area contributed by atoms with Gasteiger partial charge in [0.1, 0.15) is 5.75 Å². The summed E-state index contributed by atoms with van der Waals surface area (Å²) in [7, 11) is 0. The van der Waals surface area contributed by atoms with E-state index in [0.29, 0.717) is 28.6 Å². The summed E-state index contributed by atoms with van der Waals surface area (Å²) < 4.78 is 5.58. The Bertz CT molecular complexity index is 706. The molecule has 2 aromatic rings. The number of amides is 1. The molecule has 0 heterocycles. The van der Waals surface area contributed by atoms with E-state index >= 15 is 0 Å². The van der Waals surface area contributed by atoms with Crippen molar-refractivity contribution in [3.8, 4) is 5.75 Å². The highest BCUT2D eigenvalue weighted by Crippen LogP contribution is 2.21. The van der Waals surface area contributed by atoms with Crippen LogP contribution in [0.1, 0.15) is 23.7 Å². The number of nitrogens with one attached hydrogen (secondary N) is 2. The molecule has 0 aliphatic carbocycles. The van der Waals surface area contributed by atoms with Crippen LogP contribution in [0.15, 0.2) is 48.5 Å². The SMILES string of the molecule is CCCOc1ccccc1C(=O)NC(=S)Nc1ccccc1Cl. The average Bonchev–Trinajstić information content (AvgIpc) is 2.55. The van der Waals surface area contributed by atoms with Crippen LogP contribution in [-0.2, 0) is 0 Å². The summed E-state index contributed by atoms with van der Waals surface area (Å²) in [5.74, 6) is 0.202. The Hall–Kier alpha value is -2.11. The van der Waals surface area contributed by atoms with Crippen LogP contribution in [0, 0.1) is 0 Å². The quantitative estimate of drug-likeness (QED) is 0.793. The van der Waals surface area contributed by atoms with Crippen LogP contribution in [0.2, 0.25) is 5.02 Å². The van der Waals surface area contributed by atoms with Gasteiger partial charge in [-0.3, -0.25) is 10.1 Å². The summed E-state index contributed by atoms with van der Waals surface area (Å²) in [5, 5.41) is 6.23. The van der Waals surface area contributed by atoms with E-state index in [1.54, 1.807) is 30.3 Å². The molecule has 2 N–H and O–H groups in total. The molecule has 1 amide bonds. The maximum atomic E-state index is 12.4. The summed E-state index contributed by atoms with van der Waals surface area (Å²) in [6, 6.07) is 14.2. The van der Waals surface area contributed by atoms with Gasteiger partial charge in [0.05, 0.1) is 22.9 Å². The molecule has 0 unspecified atom stereocenters. The van der Waals surface area contributed by atoms with E-state index in [1.165, 1.54) is 0 Å². The van der Waals surface area contributed by atoms with Crippen molar-refractivity contribution in [2.24, 2.45) is 0 Å². The maximum absolute atomic E-state index is 12.4. The van der Waals surface area contributed by atoms with E-state index in [0.717, 1.165) is 6.42 Å². The van der Waals surface area contributed by atoms with Gasteiger partial charge in [0.2, 0.25) is 0 Å². The minimum Gasteiger partial charge on any atom is -0.493 e. The van der Waals surface area contributed by atoms with Gasteiger partial charge < -0.3 is 10.1 Å². The second-order valence-corrected chi connectivity index (χ2v) is 5.55. The first-order chi connectivity index (χ1) is 11.1. The molecule has 4 nitrogen and oxygen atoms in total. The fourth-order valence-electron chi connectivity index (χ4n) is 1.88. The maximum Gasteiger partial charge on any atom is 0.261 e. The zero-order valence-corrected chi connectivity index (χ0v) is 14.2. The Morgan fingerprint density at radius 3 is 2.61 bits per heavy atom. The second-order valence-electron chi connectivity index (χ2n) is 4.73. The van der Waals surface area contributed by atoms with Gasteiger partial charge in [0, 0.05) is 0 Å². The molecule has 0 aromatic heterocycles. The highest BCUT2D eigenvalue weighted by atomic mass is 35.5. The normalized spacial score (nSPS) is 10.0. The number of hydrogen-bond acceptors (Lipinski definition) is 3. The van der Waals surface area contributed by atoms with Crippen molar-refractivity contribution in [2.75, 3.05) is 11.9 Å². The van der Waals surface area contributed by atoms with Crippen molar-refractivity contribution in [1.82, 2.24) is 5.32 Å². The van der Waals surface area contributed by atoms with Crippen molar-refractivity contribution >= 4 is 40.5 Å². The molecule has 0 aliphatic heterocycles. The first-order valence-corrected chi connectivity index (χ1v) is 7.99. The van der Waals surface area contributed by atoms with Crippen molar-refractivity contribution < 1.29 is 9.53 Å². The molecule has 0 bridgehead atoms. The number of thiocarbonyl (C=S) groups is 1. The monoisotopic (exact) mass is 348 g/mol. The van der Waals surface area contributed by atoms with Crippen LogP contribution in [-0.4, -0.2) is 17.6 Å². The molecule has 0 spiro atoms. The summed E-state index contributed by atoms with van der Waals surface area (Å²) in [6.07, 6.45) is 0.864. The molecule has 2 rings (SSSR count). The van der Waals surface area contributed by atoms with Crippen molar-refractivity contribution in [3.63, 3.8) is 0 Å². The van der Waals surface area contributed by atoms with Crippen LogP contribution in [0.5, 0.6) is 5.75 Å². The highest BCUT2D eigenvalue weighted by molar-refractivity contribution is 7.80. The number of para-hydroxylation sites is 2. The number of ether oxygens (including phenoxy) is 1. The van der Waals surface area contributed by atoms with Gasteiger partial charge in [-0.1, -0.05) is 42.8 Å². The largest absolute Gasteiger partial charge is 0.493 e. The number of hydrogen-bond donors (Lipinski definition) is 2. The zero-order chi connectivity index (χ0) is 16.7. The van der Waals surface area contributed by atoms with Gasteiger partial charge in [0.15, 0.2) is 5.11 Å². The Morgan fingerprint density at radius 1 is 1.17 bits per heavy atom. The van der Waals surface area contributed by atoms with Crippen LogP contribution in [0.4, 0.5) is 5.69 Å². The van der Waals surface area contributed by atoms with Gasteiger partial charge in [-0.25, -0.2) is 0 Å². The first-order valence-electron chi connectivity index (χ1n) is 7.20. The van der Waals surface area contributed by atoms with E-state index in [-0.39, 0.29) is 11.0 Å². The number of carbonyl (C=O) groups excluding carboxylic acids is 1. The molecule has 23 heavy (non-hydrogen) atoms. The summed E-state index contributed by atoms with van der Waals surface area (Å²) >= 11 is 11.2. The van der Waals surface area contributed by atoms with Crippen molar-refractivity contribution in [2.45, 2.75) is 13.3 Å².